The molecule has 0 aromatic heterocycles. The summed E-state index contributed by atoms with van der Waals surface area (Å²) in [6.07, 6.45) is -0.225. The maximum Gasteiger partial charge on any atom is 0.411 e. The third-order valence-corrected chi connectivity index (χ3v) is 3.39. The monoisotopic (exact) mass is 348 g/mol. The molecule has 116 valence electrons. The number of carbonyl (C=O) groups excluding carboxylic acids is 1. The number of aliphatic imine (C=N–C) groups is 1. The Balaban J connectivity index is 2.56. The molecule has 1 aliphatic heterocycles. The zero-order valence-electron chi connectivity index (χ0n) is 11.0. The molecule has 2 rings (SSSR count). The second-order valence-electron chi connectivity index (χ2n) is 4.56. The van der Waals surface area contributed by atoms with E-state index >= 15 is 0 Å². The Morgan fingerprint density at radius 1 is 1.32 bits per heavy atom. The van der Waals surface area contributed by atoms with Gasteiger partial charge in [0.25, 0.3) is 0 Å². The van der Waals surface area contributed by atoms with Crippen molar-refractivity contribution in [3.8, 4) is 12.3 Å². The highest BCUT2D eigenvalue weighted by molar-refractivity contribution is 6.35. The molecule has 0 spiro atoms. The number of terminal acetylenes is 1. The Morgan fingerprint density at radius 3 is 2.41 bits per heavy atom. The van der Waals surface area contributed by atoms with Gasteiger partial charge in [0.1, 0.15) is 5.84 Å². The van der Waals surface area contributed by atoms with E-state index in [2.05, 4.69) is 10.9 Å². The van der Waals surface area contributed by atoms with Gasteiger partial charge < -0.3 is 0 Å². The van der Waals surface area contributed by atoms with Crippen LogP contribution >= 0.6 is 23.2 Å². The molecule has 1 aliphatic rings. The summed E-state index contributed by atoms with van der Waals surface area (Å²) >= 11 is 11.7. The van der Waals surface area contributed by atoms with Crippen LogP contribution in [0.2, 0.25) is 10.0 Å². The van der Waals surface area contributed by atoms with Crippen molar-refractivity contribution in [1.29, 1.82) is 0 Å². The van der Waals surface area contributed by atoms with E-state index in [-0.39, 0.29) is 28.0 Å². The first-order chi connectivity index (χ1) is 10.2. The molecule has 1 aromatic carbocycles. The Labute approximate surface area is 134 Å². The average molecular weight is 349 g/mol. The van der Waals surface area contributed by atoms with Crippen molar-refractivity contribution in [2.75, 3.05) is 6.54 Å². The van der Waals surface area contributed by atoms with Gasteiger partial charge >= 0.3 is 6.18 Å². The number of rotatable bonds is 2. The molecule has 0 aliphatic carbocycles. The van der Waals surface area contributed by atoms with Gasteiger partial charge in [-0.25, -0.2) is 0 Å². The smallest absolute Gasteiger partial charge is 0.285 e. The van der Waals surface area contributed by atoms with Crippen LogP contribution in [0.15, 0.2) is 23.2 Å². The highest BCUT2D eigenvalue weighted by Gasteiger charge is 2.45. The average Bonchev–Trinajstić information content (AvgIpc) is 2.38. The highest BCUT2D eigenvalue weighted by atomic mass is 35.5. The van der Waals surface area contributed by atoms with Crippen molar-refractivity contribution in [3.05, 3.63) is 33.8 Å². The third-order valence-electron chi connectivity index (χ3n) is 2.95. The molecular formula is C14H9Cl2F3N2O. The molecule has 8 heteroatoms. The second-order valence-corrected chi connectivity index (χ2v) is 5.43. The zero-order valence-corrected chi connectivity index (χ0v) is 12.5. The van der Waals surface area contributed by atoms with Crippen LogP contribution in [-0.2, 0) is 4.79 Å². The van der Waals surface area contributed by atoms with Gasteiger partial charge in [-0.05, 0) is 18.2 Å². The minimum Gasteiger partial charge on any atom is -0.285 e. The maximum atomic E-state index is 12.9. The standard InChI is InChI=1S/C14H9Cl2F3N2O/c1-2-3-21-12(22)7-11(14(17,18)19)20-13(21)8-4-9(15)6-10(16)5-8/h1,4-6,11H,3,7H2. The van der Waals surface area contributed by atoms with Crippen LogP contribution in [0, 0.1) is 12.3 Å². The maximum absolute atomic E-state index is 12.9. The molecule has 1 atom stereocenters. The first-order valence-electron chi connectivity index (χ1n) is 6.07. The van der Waals surface area contributed by atoms with Crippen molar-refractivity contribution in [1.82, 2.24) is 4.90 Å². The van der Waals surface area contributed by atoms with E-state index in [4.69, 9.17) is 29.6 Å². The molecule has 0 radical (unpaired) electrons. The predicted molar refractivity (Wildman–Crippen MR) is 78.0 cm³/mol. The molecule has 1 unspecified atom stereocenters. The number of alkyl halides is 3. The van der Waals surface area contributed by atoms with Gasteiger partial charge in [-0.15, -0.1) is 6.42 Å². The molecule has 3 nitrogen and oxygen atoms in total. The number of carbonyl (C=O) groups is 1. The van der Waals surface area contributed by atoms with Gasteiger partial charge in [-0.3, -0.25) is 14.7 Å². The van der Waals surface area contributed by atoms with Crippen molar-refractivity contribution in [3.63, 3.8) is 0 Å². The van der Waals surface area contributed by atoms with Crippen LogP contribution in [0.4, 0.5) is 13.2 Å². The van der Waals surface area contributed by atoms with E-state index in [1.165, 1.54) is 18.2 Å². The minimum atomic E-state index is -4.62. The molecule has 0 N–H and O–H groups in total. The van der Waals surface area contributed by atoms with Crippen LogP contribution in [-0.4, -0.2) is 35.4 Å². The lowest BCUT2D eigenvalue weighted by Gasteiger charge is -2.30. The SMILES string of the molecule is C#CCN1C(=O)CC(C(F)(F)F)N=C1c1cc(Cl)cc(Cl)c1. The largest absolute Gasteiger partial charge is 0.411 e. The van der Waals surface area contributed by atoms with Gasteiger partial charge in [0.2, 0.25) is 5.91 Å². The van der Waals surface area contributed by atoms with Gasteiger partial charge in [0.15, 0.2) is 6.04 Å². The number of benzene rings is 1. The van der Waals surface area contributed by atoms with Crippen molar-refractivity contribution < 1.29 is 18.0 Å². The van der Waals surface area contributed by atoms with E-state index in [1.807, 2.05) is 0 Å². The normalized spacial score (nSPS) is 18.9. The topological polar surface area (TPSA) is 32.7 Å². The van der Waals surface area contributed by atoms with Crippen LogP contribution in [0.1, 0.15) is 12.0 Å². The Bertz CT molecular complexity index is 659. The van der Waals surface area contributed by atoms with E-state index in [0.717, 1.165) is 4.90 Å². The van der Waals surface area contributed by atoms with Crippen LogP contribution in [0.5, 0.6) is 0 Å². The van der Waals surface area contributed by atoms with Crippen molar-refractivity contribution in [2.24, 2.45) is 4.99 Å². The number of nitrogens with zero attached hydrogens (tertiary/aromatic N) is 2. The molecular weight excluding hydrogens is 340 g/mol. The van der Waals surface area contributed by atoms with Gasteiger partial charge in [0, 0.05) is 15.6 Å². The lowest BCUT2D eigenvalue weighted by atomic mass is 10.1. The van der Waals surface area contributed by atoms with E-state index in [0.29, 0.717) is 0 Å². The van der Waals surface area contributed by atoms with Crippen LogP contribution in [0.3, 0.4) is 0 Å². The first-order valence-corrected chi connectivity index (χ1v) is 6.82. The summed E-state index contributed by atoms with van der Waals surface area (Å²) < 4.78 is 38.7. The fourth-order valence-electron chi connectivity index (χ4n) is 2.01. The number of halogens is 5. The minimum absolute atomic E-state index is 0.180. The van der Waals surface area contributed by atoms with Crippen molar-refractivity contribution >= 4 is 34.9 Å². The summed E-state index contributed by atoms with van der Waals surface area (Å²) in [5.74, 6) is 1.30. The summed E-state index contributed by atoms with van der Waals surface area (Å²) in [7, 11) is 0. The second kappa shape index (κ2) is 6.19. The molecule has 0 saturated carbocycles. The molecule has 1 heterocycles. The number of hydrogen-bond donors (Lipinski definition) is 0. The molecule has 0 bridgehead atoms. The summed E-state index contributed by atoms with van der Waals surface area (Å²) in [6.45, 7) is -0.188. The molecule has 1 amide bonds. The fraction of sp³-hybridized carbons (Fsp3) is 0.286. The zero-order chi connectivity index (χ0) is 16.5. The van der Waals surface area contributed by atoms with E-state index in [9.17, 15) is 18.0 Å². The number of amides is 1. The Hall–Kier alpha value is -1.71. The number of hydrogen-bond acceptors (Lipinski definition) is 2. The quantitative estimate of drug-likeness (QED) is 0.752. The highest BCUT2D eigenvalue weighted by Crippen LogP contribution is 2.31. The summed E-state index contributed by atoms with van der Waals surface area (Å²) in [5.41, 5.74) is 0.204. The van der Waals surface area contributed by atoms with Gasteiger partial charge in [0.05, 0.1) is 13.0 Å². The molecule has 0 fully saturated rings. The van der Waals surface area contributed by atoms with Gasteiger partial charge in [-0.1, -0.05) is 29.1 Å². The first kappa shape index (κ1) is 16.7. The number of amidine groups is 1. The van der Waals surface area contributed by atoms with Crippen LogP contribution in [0.25, 0.3) is 0 Å². The molecule has 0 saturated heterocycles. The van der Waals surface area contributed by atoms with E-state index < -0.39 is 24.5 Å². The van der Waals surface area contributed by atoms with E-state index in [1.54, 1.807) is 0 Å². The molecule has 22 heavy (non-hydrogen) atoms. The van der Waals surface area contributed by atoms with Crippen molar-refractivity contribution in [2.45, 2.75) is 18.6 Å². The lowest BCUT2D eigenvalue weighted by Crippen LogP contribution is -2.47. The predicted octanol–water partition coefficient (Wildman–Crippen LogP) is 3.54. The summed E-state index contributed by atoms with van der Waals surface area (Å²) in [5, 5.41) is 0.430. The summed E-state index contributed by atoms with van der Waals surface area (Å²) in [4.78, 5) is 16.6. The third kappa shape index (κ3) is 3.54. The Morgan fingerprint density at radius 2 is 1.91 bits per heavy atom. The molecule has 1 aromatic rings. The fourth-order valence-corrected chi connectivity index (χ4v) is 2.54. The Kier molecular flexibility index (Phi) is 4.69. The van der Waals surface area contributed by atoms with Crippen LogP contribution < -0.4 is 0 Å². The van der Waals surface area contributed by atoms with Gasteiger partial charge in [-0.2, -0.15) is 13.2 Å². The summed E-state index contributed by atoms with van der Waals surface area (Å²) in [6, 6.07) is 2.07. The lowest BCUT2D eigenvalue weighted by molar-refractivity contribution is -0.158.